The van der Waals surface area contributed by atoms with Crippen LogP contribution in [0.3, 0.4) is 0 Å². The molecule has 0 amide bonds. The second kappa shape index (κ2) is 6.40. The molecule has 104 valence electrons. The van der Waals surface area contributed by atoms with Gasteiger partial charge in [-0.15, -0.1) is 0 Å². The van der Waals surface area contributed by atoms with Gasteiger partial charge in [0.15, 0.2) is 17.3 Å². The molecule has 0 fully saturated rings. The summed E-state index contributed by atoms with van der Waals surface area (Å²) in [4.78, 5) is 12.0. The highest BCUT2D eigenvalue weighted by molar-refractivity contribution is 6.07. The van der Waals surface area contributed by atoms with Gasteiger partial charge >= 0.3 is 0 Å². The number of hydrogen-bond acceptors (Lipinski definition) is 4. The van der Waals surface area contributed by atoms with Crippen LogP contribution in [0.15, 0.2) is 48.5 Å². The van der Waals surface area contributed by atoms with Gasteiger partial charge in [-0.3, -0.25) is 4.79 Å². The van der Waals surface area contributed by atoms with E-state index in [2.05, 4.69) is 0 Å². The molecule has 0 saturated heterocycles. The lowest BCUT2D eigenvalue weighted by Gasteiger charge is -2.03. The van der Waals surface area contributed by atoms with Gasteiger partial charge in [-0.05, 0) is 35.9 Å². The summed E-state index contributed by atoms with van der Waals surface area (Å²) in [6.45, 7) is 0. The SMILES string of the molecule is COc1ccc(/C=C/C(=O)c2cccc(C#N)c2)cc1O. The molecule has 21 heavy (non-hydrogen) atoms. The summed E-state index contributed by atoms with van der Waals surface area (Å²) in [6, 6.07) is 13.4. The van der Waals surface area contributed by atoms with Crippen LogP contribution in [0, 0.1) is 11.3 Å². The van der Waals surface area contributed by atoms with E-state index in [1.165, 1.54) is 25.3 Å². The Morgan fingerprint density at radius 2 is 2.10 bits per heavy atom. The maximum atomic E-state index is 12.0. The first-order valence-corrected chi connectivity index (χ1v) is 6.23. The van der Waals surface area contributed by atoms with Crippen molar-refractivity contribution in [1.29, 1.82) is 5.26 Å². The van der Waals surface area contributed by atoms with Gasteiger partial charge in [-0.1, -0.05) is 24.3 Å². The summed E-state index contributed by atoms with van der Waals surface area (Å²) in [6.07, 6.45) is 3.00. The van der Waals surface area contributed by atoms with Gasteiger partial charge in [0.1, 0.15) is 0 Å². The predicted molar refractivity (Wildman–Crippen MR) is 79.2 cm³/mol. The molecule has 0 unspecified atom stereocenters. The van der Waals surface area contributed by atoms with Crippen molar-refractivity contribution in [3.8, 4) is 17.6 Å². The summed E-state index contributed by atoms with van der Waals surface area (Å²) >= 11 is 0. The fraction of sp³-hybridized carbons (Fsp3) is 0.0588. The third-order valence-electron chi connectivity index (χ3n) is 2.91. The second-order valence-electron chi connectivity index (χ2n) is 4.32. The van der Waals surface area contributed by atoms with Crippen LogP contribution >= 0.6 is 0 Å². The van der Waals surface area contributed by atoms with Crippen molar-refractivity contribution in [2.24, 2.45) is 0 Å². The minimum atomic E-state index is -0.206. The van der Waals surface area contributed by atoms with E-state index in [9.17, 15) is 9.90 Å². The van der Waals surface area contributed by atoms with E-state index in [0.717, 1.165) is 0 Å². The van der Waals surface area contributed by atoms with Crippen molar-refractivity contribution >= 4 is 11.9 Å². The van der Waals surface area contributed by atoms with Crippen molar-refractivity contribution in [3.05, 3.63) is 65.2 Å². The number of nitrogens with zero attached hydrogens (tertiary/aromatic N) is 1. The molecule has 4 nitrogen and oxygen atoms in total. The molecule has 4 heteroatoms. The van der Waals surface area contributed by atoms with Crippen LogP contribution in [0.1, 0.15) is 21.5 Å². The molecule has 0 aliphatic rings. The number of nitriles is 1. The molecule has 0 aliphatic heterocycles. The number of carbonyl (C=O) groups is 1. The van der Waals surface area contributed by atoms with Gasteiger partial charge in [0, 0.05) is 5.56 Å². The zero-order valence-electron chi connectivity index (χ0n) is 11.4. The molecule has 2 aromatic carbocycles. The summed E-state index contributed by atoms with van der Waals surface area (Å²) in [5, 5.41) is 18.5. The van der Waals surface area contributed by atoms with Crippen LogP contribution in [0.2, 0.25) is 0 Å². The minimum absolute atomic E-state index is 0.0126. The Labute approximate surface area is 122 Å². The van der Waals surface area contributed by atoms with Crippen LogP contribution in [0.5, 0.6) is 11.5 Å². The van der Waals surface area contributed by atoms with Crippen LogP contribution in [-0.4, -0.2) is 18.0 Å². The Hall–Kier alpha value is -3.06. The van der Waals surface area contributed by atoms with Gasteiger partial charge < -0.3 is 9.84 Å². The summed E-state index contributed by atoms with van der Waals surface area (Å²) in [5.41, 5.74) is 1.57. The summed E-state index contributed by atoms with van der Waals surface area (Å²) in [7, 11) is 1.47. The number of carbonyl (C=O) groups excluding carboxylic acids is 1. The van der Waals surface area contributed by atoms with Crippen molar-refractivity contribution in [3.63, 3.8) is 0 Å². The molecule has 0 bridgehead atoms. The van der Waals surface area contributed by atoms with E-state index in [1.54, 1.807) is 36.4 Å². The Balaban J connectivity index is 2.19. The average molecular weight is 279 g/mol. The van der Waals surface area contributed by atoms with E-state index in [-0.39, 0.29) is 11.5 Å². The Morgan fingerprint density at radius 3 is 2.76 bits per heavy atom. The quantitative estimate of drug-likeness (QED) is 0.689. The lowest BCUT2D eigenvalue weighted by Crippen LogP contribution is -1.94. The van der Waals surface area contributed by atoms with Gasteiger partial charge in [0.25, 0.3) is 0 Å². The van der Waals surface area contributed by atoms with Crippen molar-refractivity contribution in [2.75, 3.05) is 7.11 Å². The average Bonchev–Trinajstić information content (AvgIpc) is 2.52. The zero-order valence-corrected chi connectivity index (χ0v) is 11.4. The van der Waals surface area contributed by atoms with E-state index in [0.29, 0.717) is 22.4 Å². The first-order chi connectivity index (χ1) is 10.1. The van der Waals surface area contributed by atoms with Crippen molar-refractivity contribution < 1.29 is 14.6 Å². The molecular weight excluding hydrogens is 266 g/mol. The fourth-order valence-electron chi connectivity index (χ4n) is 1.82. The number of benzene rings is 2. The fourth-order valence-corrected chi connectivity index (χ4v) is 1.82. The maximum Gasteiger partial charge on any atom is 0.185 e. The lowest BCUT2D eigenvalue weighted by atomic mass is 10.1. The van der Waals surface area contributed by atoms with Crippen LogP contribution in [0.4, 0.5) is 0 Å². The minimum Gasteiger partial charge on any atom is -0.504 e. The number of allylic oxidation sites excluding steroid dienone is 1. The van der Waals surface area contributed by atoms with Crippen molar-refractivity contribution in [2.45, 2.75) is 0 Å². The highest BCUT2D eigenvalue weighted by Crippen LogP contribution is 2.26. The Morgan fingerprint density at radius 1 is 1.29 bits per heavy atom. The molecular formula is C17H13NO3. The molecule has 0 aliphatic carbocycles. The van der Waals surface area contributed by atoms with Crippen molar-refractivity contribution in [1.82, 2.24) is 0 Å². The summed E-state index contributed by atoms with van der Waals surface area (Å²) in [5.74, 6) is 0.182. The van der Waals surface area contributed by atoms with E-state index in [4.69, 9.17) is 10.00 Å². The number of phenols is 1. The number of rotatable bonds is 4. The molecule has 0 heterocycles. The molecule has 0 spiro atoms. The molecule has 0 saturated carbocycles. The number of phenolic OH excluding ortho intramolecular Hbond substituents is 1. The zero-order chi connectivity index (χ0) is 15.2. The first-order valence-electron chi connectivity index (χ1n) is 6.23. The number of hydrogen-bond donors (Lipinski definition) is 1. The molecule has 0 radical (unpaired) electrons. The van der Waals surface area contributed by atoms with Crippen LogP contribution < -0.4 is 4.74 Å². The van der Waals surface area contributed by atoms with Gasteiger partial charge in [-0.25, -0.2) is 0 Å². The normalized spacial score (nSPS) is 10.3. The topological polar surface area (TPSA) is 70.3 Å². The number of aromatic hydroxyl groups is 1. The predicted octanol–water partition coefficient (Wildman–Crippen LogP) is 3.17. The monoisotopic (exact) mass is 279 g/mol. The lowest BCUT2D eigenvalue weighted by molar-refractivity contribution is 0.104. The van der Waals surface area contributed by atoms with E-state index in [1.807, 2.05) is 6.07 Å². The standard InChI is InChI=1S/C17H13NO3/c1-21-17-8-6-12(10-16(17)20)5-7-15(19)14-4-2-3-13(9-14)11-18/h2-10,20H,1H3/b7-5+. The first kappa shape index (κ1) is 14.4. The Kier molecular flexibility index (Phi) is 4.37. The smallest absolute Gasteiger partial charge is 0.185 e. The highest BCUT2D eigenvalue weighted by Gasteiger charge is 2.04. The maximum absolute atomic E-state index is 12.0. The second-order valence-corrected chi connectivity index (χ2v) is 4.32. The van der Waals surface area contributed by atoms with Gasteiger partial charge in [0.05, 0.1) is 18.7 Å². The molecule has 1 N–H and O–H groups in total. The van der Waals surface area contributed by atoms with E-state index >= 15 is 0 Å². The molecule has 2 aromatic rings. The van der Waals surface area contributed by atoms with Crippen LogP contribution in [-0.2, 0) is 0 Å². The largest absolute Gasteiger partial charge is 0.504 e. The molecule has 0 aromatic heterocycles. The number of ketones is 1. The van der Waals surface area contributed by atoms with Crippen LogP contribution in [0.25, 0.3) is 6.08 Å². The highest BCUT2D eigenvalue weighted by atomic mass is 16.5. The molecule has 0 atom stereocenters. The summed E-state index contributed by atoms with van der Waals surface area (Å²) < 4.78 is 4.95. The van der Waals surface area contributed by atoms with E-state index < -0.39 is 0 Å². The van der Waals surface area contributed by atoms with Gasteiger partial charge in [0.2, 0.25) is 0 Å². The third-order valence-corrected chi connectivity index (χ3v) is 2.91. The van der Waals surface area contributed by atoms with Gasteiger partial charge in [-0.2, -0.15) is 5.26 Å². The molecule has 2 rings (SSSR count). The Bertz CT molecular complexity index is 742. The number of ether oxygens (including phenoxy) is 1. The number of methoxy groups -OCH3 is 1. The third kappa shape index (κ3) is 3.48.